The molecule has 9 heteroatoms. The zero-order valence-corrected chi connectivity index (χ0v) is 12.5. The molecule has 0 amide bonds. The van der Waals surface area contributed by atoms with Crippen molar-refractivity contribution in [1.82, 2.24) is 4.83 Å². The average Bonchev–Trinajstić information content (AvgIpc) is 2.91. The number of benzene rings is 1. The fourth-order valence-electron chi connectivity index (χ4n) is 1.52. The number of sulfonamides is 1. The van der Waals surface area contributed by atoms with Gasteiger partial charge in [0.2, 0.25) is 0 Å². The van der Waals surface area contributed by atoms with Gasteiger partial charge in [-0.3, -0.25) is 10.1 Å². The van der Waals surface area contributed by atoms with Gasteiger partial charge >= 0.3 is 0 Å². The molecule has 0 atom stereocenters. The number of nitrogens with one attached hydrogen (secondary N) is 1. The van der Waals surface area contributed by atoms with Crippen LogP contribution in [0.5, 0.6) is 0 Å². The minimum atomic E-state index is -3.94. The van der Waals surface area contributed by atoms with Gasteiger partial charge in [-0.2, -0.15) is 24.9 Å². The van der Waals surface area contributed by atoms with E-state index in [1.165, 1.54) is 36.6 Å². The number of hydrogen-bond acceptors (Lipinski definition) is 6. The summed E-state index contributed by atoms with van der Waals surface area (Å²) in [6, 6.07) is 5.47. The zero-order valence-electron chi connectivity index (χ0n) is 10.9. The lowest BCUT2D eigenvalue weighted by Gasteiger charge is -2.04. The number of thiophene rings is 1. The summed E-state index contributed by atoms with van der Waals surface area (Å²) in [6.45, 7) is 1.54. The lowest BCUT2D eigenvalue weighted by atomic mass is 10.2. The highest BCUT2D eigenvalue weighted by Crippen LogP contribution is 2.21. The fraction of sp³-hybridized carbons (Fsp3) is 0.0833. The minimum absolute atomic E-state index is 0.206. The van der Waals surface area contributed by atoms with Crippen molar-refractivity contribution >= 4 is 33.3 Å². The lowest BCUT2D eigenvalue weighted by Crippen LogP contribution is -2.18. The number of rotatable bonds is 5. The van der Waals surface area contributed by atoms with E-state index in [-0.39, 0.29) is 10.6 Å². The van der Waals surface area contributed by atoms with Gasteiger partial charge < -0.3 is 0 Å². The molecule has 1 heterocycles. The van der Waals surface area contributed by atoms with Crippen LogP contribution < -0.4 is 4.83 Å². The molecule has 0 spiro atoms. The van der Waals surface area contributed by atoms with Crippen LogP contribution in [-0.2, 0) is 10.0 Å². The molecule has 110 valence electrons. The largest absolute Gasteiger partial charge is 0.276 e. The molecule has 21 heavy (non-hydrogen) atoms. The predicted molar refractivity (Wildman–Crippen MR) is 80.1 cm³/mol. The molecule has 2 aromatic rings. The van der Waals surface area contributed by atoms with E-state index in [0.29, 0.717) is 5.56 Å². The van der Waals surface area contributed by atoms with Gasteiger partial charge in [-0.05, 0) is 29.8 Å². The molecule has 0 fully saturated rings. The van der Waals surface area contributed by atoms with Gasteiger partial charge in [0, 0.05) is 17.2 Å². The molecule has 0 unspecified atom stereocenters. The molecule has 0 saturated carbocycles. The Hall–Kier alpha value is -2.26. The van der Waals surface area contributed by atoms with Crippen molar-refractivity contribution in [2.24, 2.45) is 5.10 Å². The summed E-state index contributed by atoms with van der Waals surface area (Å²) in [7, 11) is -3.94. The number of hydrazone groups is 1. The van der Waals surface area contributed by atoms with E-state index in [2.05, 4.69) is 5.10 Å². The second-order valence-electron chi connectivity index (χ2n) is 4.12. The van der Waals surface area contributed by atoms with Crippen molar-refractivity contribution in [3.8, 4) is 0 Å². The number of nitro benzene ring substituents is 1. The van der Waals surface area contributed by atoms with Crippen LogP contribution in [0.3, 0.4) is 0 Å². The second kappa shape index (κ2) is 6.02. The standard InChI is InChI=1S/C12H11N3O4S2/c1-9-2-3-11(6-12(9)15(16)17)21(18,19)14-13-7-10-4-5-20-8-10/h2-8,14H,1H3/b13-7-. The van der Waals surface area contributed by atoms with Crippen molar-refractivity contribution < 1.29 is 13.3 Å². The summed E-state index contributed by atoms with van der Waals surface area (Å²) in [6.07, 6.45) is 1.36. The maximum Gasteiger partial charge on any atom is 0.276 e. The molecule has 1 aromatic carbocycles. The van der Waals surface area contributed by atoms with Gasteiger partial charge in [-0.25, -0.2) is 4.83 Å². The van der Waals surface area contributed by atoms with Gasteiger partial charge in [0.1, 0.15) is 0 Å². The highest BCUT2D eigenvalue weighted by molar-refractivity contribution is 7.89. The summed E-state index contributed by atoms with van der Waals surface area (Å²) in [5.41, 5.74) is 0.901. The van der Waals surface area contributed by atoms with Crippen LogP contribution in [0.1, 0.15) is 11.1 Å². The number of hydrogen-bond donors (Lipinski definition) is 1. The van der Waals surface area contributed by atoms with Gasteiger partial charge in [0.25, 0.3) is 15.7 Å². The van der Waals surface area contributed by atoms with Gasteiger partial charge in [-0.15, -0.1) is 0 Å². The summed E-state index contributed by atoms with van der Waals surface area (Å²) in [5, 5.41) is 18.1. The van der Waals surface area contributed by atoms with E-state index in [9.17, 15) is 18.5 Å². The van der Waals surface area contributed by atoms with Crippen molar-refractivity contribution in [3.63, 3.8) is 0 Å². The number of nitrogens with zero attached hydrogens (tertiary/aromatic N) is 2. The Kier molecular flexibility index (Phi) is 4.34. The van der Waals surface area contributed by atoms with Gasteiger partial charge in [0.15, 0.2) is 0 Å². The Labute approximate surface area is 125 Å². The SMILES string of the molecule is Cc1ccc(S(=O)(=O)N/N=C\c2ccsc2)cc1[N+](=O)[O-]. The van der Waals surface area contributed by atoms with Crippen LogP contribution in [-0.4, -0.2) is 19.6 Å². The molecule has 0 aliphatic heterocycles. The Morgan fingerprint density at radius 3 is 2.76 bits per heavy atom. The Bertz CT molecular complexity index is 783. The van der Waals surface area contributed by atoms with Crippen LogP contribution >= 0.6 is 11.3 Å². The first-order valence-electron chi connectivity index (χ1n) is 5.72. The second-order valence-corrected chi connectivity index (χ2v) is 6.56. The molecule has 0 aliphatic rings. The van der Waals surface area contributed by atoms with Crippen molar-refractivity contribution in [1.29, 1.82) is 0 Å². The third kappa shape index (κ3) is 3.64. The predicted octanol–water partition coefficient (Wildman–Crippen LogP) is 2.28. The fourth-order valence-corrected chi connectivity index (χ4v) is 2.95. The molecule has 1 aromatic heterocycles. The van der Waals surface area contributed by atoms with Gasteiger partial charge in [0.05, 0.1) is 16.0 Å². The third-order valence-electron chi connectivity index (χ3n) is 2.62. The Morgan fingerprint density at radius 1 is 1.38 bits per heavy atom. The van der Waals surface area contributed by atoms with E-state index in [1.807, 2.05) is 10.2 Å². The molecule has 0 radical (unpaired) electrons. The molecule has 0 bridgehead atoms. The Balaban J connectivity index is 2.23. The van der Waals surface area contributed by atoms with E-state index >= 15 is 0 Å². The topological polar surface area (TPSA) is 102 Å². The molecule has 2 rings (SSSR count). The van der Waals surface area contributed by atoms with Crippen LogP contribution in [0.4, 0.5) is 5.69 Å². The smallest absolute Gasteiger partial charge is 0.258 e. The molecule has 1 N–H and O–H groups in total. The van der Waals surface area contributed by atoms with Crippen LogP contribution in [0.15, 0.2) is 45.0 Å². The zero-order chi connectivity index (χ0) is 15.5. The quantitative estimate of drug-likeness (QED) is 0.517. The van der Waals surface area contributed by atoms with Gasteiger partial charge in [-0.1, -0.05) is 6.07 Å². The van der Waals surface area contributed by atoms with E-state index < -0.39 is 14.9 Å². The van der Waals surface area contributed by atoms with Crippen LogP contribution in [0.2, 0.25) is 0 Å². The minimum Gasteiger partial charge on any atom is -0.258 e. The lowest BCUT2D eigenvalue weighted by molar-refractivity contribution is -0.385. The molecular weight excluding hydrogens is 314 g/mol. The number of nitro groups is 1. The molecular formula is C12H11N3O4S2. The van der Waals surface area contributed by atoms with E-state index in [0.717, 1.165) is 11.6 Å². The maximum absolute atomic E-state index is 12.0. The first-order valence-corrected chi connectivity index (χ1v) is 8.15. The highest BCUT2D eigenvalue weighted by Gasteiger charge is 2.19. The van der Waals surface area contributed by atoms with Crippen LogP contribution in [0, 0.1) is 17.0 Å². The average molecular weight is 325 g/mol. The highest BCUT2D eigenvalue weighted by atomic mass is 32.2. The molecule has 0 saturated heterocycles. The summed E-state index contributed by atoms with van der Waals surface area (Å²) >= 11 is 1.46. The molecule has 0 aliphatic carbocycles. The number of aryl methyl sites for hydroxylation is 1. The van der Waals surface area contributed by atoms with E-state index in [4.69, 9.17) is 0 Å². The molecule has 7 nitrogen and oxygen atoms in total. The normalized spacial score (nSPS) is 11.7. The summed E-state index contributed by atoms with van der Waals surface area (Å²) in [4.78, 5) is 12.0. The summed E-state index contributed by atoms with van der Waals surface area (Å²) in [5.74, 6) is 0. The van der Waals surface area contributed by atoms with Crippen molar-refractivity contribution in [2.75, 3.05) is 0 Å². The summed E-state index contributed by atoms with van der Waals surface area (Å²) < 4.78 is 24.0. The van der Waals surface area contributed by atoms with Crippen molar-refractivity contribution in [2.45, 2.75) is 11.8 Å². The Morgan fingerprint density at radius 2 is 2.14 bits per heavy atom. The van der Waals surface area contributed by atoms with E-state index in [1.54, 1.807) is 11.4 Å². The van der Waals surface area contributed by atoms with Crippen LogP contribution in [0.25, 0.3) is 0 Å². The third-order valence-corrected chi connectivity index (χ3v) is 4.54. The van der Waals surface area contributed by atoms with Crippen molar-refractivity contribution in [3.05, 3.63) is 56.3 Å². The first kappa shape index (κ1) is 15.1. The monoisotopic (exact) mass is 325 g/mol. The first-order chi connectivity index (χ1) is 9.90. The maximum atomic E-state index is 12.0.